The fourth-order valence-electron chi connectivity index (χ4n) is 4.93. The largest absolute Gasteiger partial charge is 0.350 e. The summed E-state index contributed by atoms with van der Waals surface area (Å²) < 4.78 is 14.6. The van der Waals surface area contributed by atoms with Crippen molar-refractivity contribution in [2.75, 3.05) is 15.1 Å². The number of nitrogens with zero attached hydrogens (tertiary/aromatic N) is 2. The van der Waals surface area contributed by atoms with Crippen molar-refractivity contribution >= 4 is 40.5 Å². The first kappa shape index (κ1) is 21.4. The highest BCUT2D eigenvalue weighted by atomic mass is 35.5. The van der Waals surface area contributed by atoms with E-state index in [0.29, 0.717) is 38.8 Å². The van der Waals surface area contributed by atoms with Crippen molar-refractivity contribution in [1.29, 1.82) is 0 Å². The van der Waals surface area contributed by atoms with Crippen LogP contribution in [0.25, 0.3) is 0 Å². The minimum absolute atomic E-state index is 0.0241. The minimum atomic E-state index is -1.55. The number of nitrogens with one attached hydrogen (secondary N) is 1. The Morgan fingerprint density at radius 1 is 0.829 bits per heavy atom. The number of benzene rings is 4. The summed E-state index contributed by atoms with van der Waals surface area (Å²) in [6, 6.07) is 27.6. The van der Waals surface area contributed by atoms with Crippen LogP contribution in [-0.2, 0) is 17.0 Å². The lowest BCUT2D eigenvalue weighted by atomic mass is 9.92. The number of para-hydroxylation sites is 2. The number of fused-ring (bicyclic) bond motifs is 3. The molecule has 0 unspecified atom stereocenters. The van der Waals surface area contributed by atoms with Gasteiger partial charge in [-0.1, -0.05) is 60.1 Å². The molecular formula is C28H19ClFN3O2. The van der Waals surface area contributed by atoms with E-state index in [2.05, 4.69) is 5.32 Å². The molecule has 5 nitrogen and oxygen atoms in total. The lowest BCUT2D eigenvalue weighted by Gasteiger charge is -2.45. The van der Waals surface area contributed by atoms with E-state index < -0.39 is 11.5 Å². The summed E-state index contributed by atoms with van der Waals surface area (Å²) in [5, 5.41) is 3.90. The normalized spacial score (nSPS) is 18.5. The van der Waals surface area contributed by atoms with Crippen molar-refractivity contribution in [2.24, 2.45) is 0 Å². The van der Waals surface area contributed by atoms with Crippen LogP contribution in [0.4, 0.5) is 21.5 Å². The summed E-state index contributed by atoms with van der Waals surface area (Å²) in [5.41, 5.74) is 1.56. The highest BCUT2D eigenvalue weighted by molar-refractivity contribution is 6.30. The van der Waals surface area contributed by atoms with Crippen LogP contribution in [0.3, 0.4) is 0 Å². The number of anilines is 3. The van der Waals surface area contributed by atoms with Crippen LogP contribution in [0.15, 0.2) is 97.1 Å². The van der Waals surface area contributed by atoms with Crippen LogP contribution in [0.2, 0.25) is 5.02 Å². The number of hydrogen-bond acceptors (Lipinski definition) is 3. The Labute approximate surface area is 206 Å². The number of hydrogen-bond donors (Lipinski definition) is 1. The van der Waals surface area contributed by atoms with Gasteiger partial charge in [0.05, 0.1) is 17.8 Å². The molecule has 0 aliphatic carbocycles. The van der Waals surface area contributed by atoms with E-state index in [0.717, 1.165) is 0 Å². The first-order valence-corrected chi connectivity index (χ1v) is 11.5. The van der Waals surface area contributed by atoms with Gasteiger partial charge in [-0.2, -0.15) is 0 Å². The molecule has 1 N–H and O–H groups in total. The second-order valence-corrected chi connectivity index (χ2v) is 8.93. The van der Waals surface area contributed by atoms with Gasteiger partial charge in [-0.15, -0.1) is 0 Å². The van der Waals surface area contributed by atoms with Crippen molar-refractivity contribution in [3.8, 4) is 0 Å². The number of carbonyl (C=O) groups is 2. The number of halogens is 2. The summed E-state index contributed by atoms with van der Waals surface area (Å²) in [6.45, 7) is 0.0241. The second-order valence-electron chi connectivity index (χ2n) is 8.50. The van der Waals surface area contributed by atoms with Crippen molar-refractivity contribution in [2.45, 2.75) is 12.2 Å². The van der Waals surface area contributed by atoms with E-state index in [1.165, 1.54) is 15.9 Å². The molecule has 1 atom stereocenters. The Kier molecular flexibility index (Phi) is 4.86. The van der Waals surface area contributed by atoms with Crippen LogP contribution >= 0.6 is 11.6 Å². The molecule has 1 spiro atoms. The van der Waals surface area contributed by atoms with Crippen LogP contribution in [-0.4, -0.2) is 11.8 Å². The Morgan fingerprint density at radius 3 is 2.31 bits per heavy atom. The van der Waals surface area contributed by atoms with E-state index in [9.17, 15) is 14.0 Å². The van der Waals surface area contributed by atoms with E-state index in [1.54, 1.807) is 60.7 Å². The Bertz CT molecular complexity index is 1490. The molecule has 2 heterocycles. The average Bonchev–Trinajstić information content (AvgIpc) is 3.10. The lowest BCUT2D eigenvalue weighted by molar-refractivity contribution is -0.122. The molecule has 2 aliphatic heterocycles. The maximum absolute atomic E-state index is 14.6. The van der Waals surface area contributed by atoms with Gasteiger partial charge in [0.1, 0.15) is 5.82 Å². The first-order chi connectivity index (χ1) is 17.0. The Morgan fingerprint density at radius 2 is 1.51 bits per heavy atom. The maximum atomic E-state index is 14.6. The fraction of sp³-hybridized carbons (Fsp3) is 0.0714. The van der Waals surface area contributed by atoms with E-state index in [1.807, 2.05) is 30.3 Å². The molecule has 6 rings (SSSR count). The smallest absolute Gasteiger partial charge is 0.279 e. The van der Waals surface area contributed by atoms with Gasteiger partial charge in [-0.25, -0.2) is 4.39 Å². The highest BCUT2D eigenvalue weighted by Crippen LogP contribution is 2.50. The number of rotatable bonds is 3. The zero-order chi connectivity index (χ0) is 24.2. The number of amides is 2. The van der Waals surface area contributed by atoms with Crippen molar-refractivity contribution in [3.63, 3.8) is 0 Å². The zero-order valence-corrected chi connectivity index (χ0v) is 19.2. The standard InChI is InChI=1S/C28H19ClFN3O2/c29-19-13-15-20(16-14-19)33-26(34)21-8-2-5-11-24(21)31-28(33)22-9-3-6-12-25(22)32(27(28)35)17-18-7-1-4-10-23(18)30/h1-16,31H,17H2/t28-/m0/s1. The van der Waals surface area contributed by atoms with Crippen LogP contribution < -0.4 is 15.1 Å². The van der Waals surface area contributed by atoms with Crippen molar-refractivity contribution < 1.29 is 14.0 Å². The molecule has 7 heteroatoms. The fourth-order valence-corrected chi connectivity index (χ4v) is 5.05. The zero-order valence-electron chi connectivity index (χ0n) is 18.4. The van der Waals surface area contributed by atoms with Crippen molar-refractivity contribution in [1.82, 2.24) is 0 Å². The van der Waals surface area contributed by atoms with Gasteiger partial charge in [-0.05, 0) is 48.5 Å². The monoisotopic (exact) mass is 483 g/mol. The van der Waals surface area contributed by atoms with E-state index in [4.69, 9.17) is 11.6 Å². The van der Waals surface area contributed by atoms with Gasteiger partial charge in [0.15, 0.2) is 0 Å². The van der Waals surface area contributed by atoms with Gasteiger partial charge < -0.3 is 10.2 Å². The second kappa shape index (κ2) is 7.96. The van der Waals surface area contributed by atoms with Gasteiger partial charge in [-0.3, -0.25) is 14.5 Å². The molecule has 0 saturated heterocycles. The van der Waals surface area contributed by atoms with Gasteiger partial charge >= 0.3 is 0 Å². The molecule has 35 heavy (non-hydrogen) atoms. The predicted octanol–water partition coefficient (Wildman–Crippen LogP) is 5.95. The number of carbonyl (C=O) groups excluding carboxylic acids is 2. The molecule has 2 amide bonds. The van der Waals surface area contributed by atoms with Gasteiger partial charge in [0.2, 0.25) is 5.66 Å². The molecule has 0 aromatic heterocycles. The molecule has 0 saturated carbocycles. The van der Waals surface area contributed by atoms with Gasteiger partial charge in [0, 0.05) is 27.5 Å². The van der Waals surface area contributed by atoms with Crippen LogP contribution in [0.1, 0.15) is 21.5 Å². The van der Waals surface area contributed by atoms with Crippen LogP contribution in [0.5, 0.6) is 0 Å². The lowest BCUT2D eigenvalue weighted by Crippen LogP contribution is -2.63. The van der Waals surface area contributed by atoms with E-state index in [-0.39, 0.29) is 18.4 Å². The molecule has 4 aromatic carbocycles. The quantitative estimate of drug-likeness (QED) is 0.391. The average molecular weight is 484 g/mol. The third-order valence-electron chi connectivity index (χ3n) is 6.52. The predicted molar refractivity (Wildman–Crippen MR) is 134 cm³/mol. The minimum Gasteiger partial charge on any atom is -0.350 e. The third kappa shape index (κ3) is 3.14. The SMILES string of the molecule is O=C1c2ccccc2N[C@]2(C(=O)N(Cc3ccccc3F)c3ccccc32)N1c1ccc(Cl)cc1. The molecule has 0 fully saturated rings. The molecule has 0 bridgehead atoms. The summed E-state index contributed by atoms with van der Waals surface area (Å²) in [6.07, 6.45) is 0. The van der Waals surface area contributed by atoms with E-state index >= 15 is 0 Å². The molecule has 172 valence electrons. The molecule has 0 radical (unpaired) electrons. The highest BCUT2D eigenvalue weighted by Gasteiger charge is 2.59. The third-order valence-corrected chi connectivity index (χ3v) is 6.77. The summed E-state index contributed by atoms with van der Waals surface area (Å²) >= 11 is 6.13. The Balaban J connectivity index is 1.58. The summed E-state index contributed by atoms with van der Waals surface area (Å²) in [4.78, 5) is 31.4. The van der Waals surface area contributed by atoms with Gasteiger partial charge in [0.25, 0.3) is 11.8 Å². The topological polar surface area (TPSA) is 52.7 Å². The van der Waals surface area contributed by atoms with Crippen molar-refractivity contribution in [3.05, 3.63) is 125 Å². The molecule has 4 aromatic rings. The summed E-state index contributed by atoms with van der Waals surface area (Å²) in [7, 11) is 0. The Hall–Kier alpha value is -4.16. The molecule has 2 aliphatic rings. The van der Waals surface area contributed by atoms with Crippen LogP contribution in [0, 0.1) is 5.82 Å². The first-order valence-electron chi connectivity index (χ1n) is 11.1. The molecular weight excluding hydrogens is 465 g/mol. The summed E-state index contributed by atoms with van der Waals surface area (Å²) in [5.74, 6) is -1.09. The maximum Gasteiger partial charge on any atom is 0.279 e.